The summed E-state index contributed by atoms with van der Waals surface area (Å²) in [5.74, 6) is -3.63. The maximum Gasteiger partial charge on any atom is 0.415 e. The van der Waals surface area contributed by atoms with Crippen molar-refractivity contribution in [2.45, 2.75) is 23.5 Å². The van der Waals surface area contributed by atoms with Gasteiger partial charge in [-0.05, 0) is 34.4 Å². The van der Waals surface area contributed by atoms with Gasteiger partial charge in [0.1, 0.15) is 11.3 Å². The number of ether oxygens (including phenoxy) is 2. The second kappa shape index (κ2) is 8.99. The van der Waals surface area contributed by atoms with Gasteiger partial charge in [0.2, 0.25) is 10.1 Å². The van der Waals surface area contributed by atoms with Crippen LogP contribution in [0.1, 0.15) is 22.3 Å². The lowest BCUT2D eigenvalue weighted by molar-refractivity contribution is -0.158. The summed E-state index contributed by atoms with van der Waals surface area (Å²) in [6.45, 7) is 0.0866. The summed E-state index contributed by atoms with van der Waals surface area (Å²) in [6, 6.07) is 10.7. The number of rotatable bonds is 5. The van der Waals surface area contributed by atoms with Crippen molar-refractivity contribution in [1.29, 1.82) is 0 Å². The number of fused-ring (bicyclic) bond motifs is 1. The molecule has 0 aromatic heterocycles. The van der Waals surface area contributed by atoms with Crippen molar-refractivity contribution >= 4 is 45.0 Å². The summed E-state index contributed by atoms with van der Waals surface area (Å²) in [6.07, 6.45) is -3.09. The Morgan fingerprint density at radius 3 is 2.37 bits per heavy atom. The third kappa shape index (κ3) is 3.85. The second-order valence-electron chi connectivity index (χ2n) is 7.85. The molecule has 182 valence electrons. The van der Waals surface area contributed by atoms with E-state index < -0.39 is 39.2 Å². The number of methoxy groups -OCH3 is 2. The average Bonchev–Trinajstić information content (AvgIpc) is 2.84. The van der Waals surface area contributed by atoms with Crippen LogP contribution in [0, 0.1) is 0 Å². The minimum atomic E-state index is -5.15. The standard InChI is InChI=1S/C25H19BrF3NO5/c1-34-15-8-6-14(7-9-15)18-19(23(32)33)21(35-2)22(31)24(26,25(27,28)29)20(18)16-5-3-4-13-10-11-30-12-17(13)16/h3-9,11H,10,12H2,1-2H3,(H,32,33). The van der Waals surface area contributed by atoms with E-state index in [0.717, 1.165) is 12.7 Å². The molecule has 2 aromatic carbocycles. The predicted molar refractivity (Wildman–Crippen MR) is 127 cm³/mol. The summed E-state index contributed by atoms with van der Waals surface area (Å²) >= 11 is 2.73. The van der Waals surface area contributed by atoms with Gasteiger partial charge in [0, 0.05) is 23.8 Å². The summed E-state index contributed by atoms with van der Waals surface area (Å²) in [5, 5.41) is 10.1. The third-order valence-corrected chi connectivity index (χ3v) is 7.22. The van der Waals surface area contributed by atoms with Gasteiger partial charge in [-0.15, -0.1) is 0 Å². The smallest absolute Gasteiger partial charge is 0.415 e. The van der Waals surface area contributed by atoms with Crippen molar-refractivity contribution in [3.8, 4) is 5.75 Å². The zero-order valence-corrected chi connectivity index (χ0v) is 20.2. The molecule has 1 heterocycles. The summed E-state index contributed by atoms with van der Waals surface area (Å²) in [7, 11) is 2.39. The van der Waals surface area contributed by atoms with Crippen molar-refractivity contribution in [3.63, 3.8) is 0 Å². The number of carboxylic acids is 1. The number of carbonyl (C=O) groups is 2. The Hall–Kier alpha value is -3.40. The highest BCUT2D eigenvalue weighted by Gasteiger charge is 2.66. The first-order chi connectivity index (χ1) is 16.6. The number of aliphatic carboxylic acids is 1. The Morgan fingerprint density at radius 2 is 1.80 bits per heavy atom. The van der Waals surface area contributed by atoms with Gasteiger partial charge in [-0.3, -0.25) is 9.79 Å². The molecule has 2 aliphatic rings. The van der Waals surface area contributed by atoms with Gasteiger partial charge in [-0.1, -0.05) is 46.3 Å². The fourth-order valence-electron chi connectivity index (χ4n) is 4.40. The predicted octanol–water partition coefficient (Wildman–Crippen LogP) is 5.00. The number of hydrogen-bond acceptors (Lipinski definition) is 5. The number of carbonyl (C=O) groups excluding carboxylic acids is 1. The van der Waals surface area contributed by atoms with Gasteiger partial charge in [-0.25, -0.2) is 4.79 Å². The SMILES string of the molecule is COC1=C(C(=O)O)C(c2ccc(OC)cc2)=C(c2cccc3c2CN=CC3)C(Br)(C(F)(F)F)C1=O. The molecule has 1 atom stereocenters. The van der Waals surface area contributed by atoms with Crippen molar-refractivity contribution in [2.24, 2.45) is 4.99 Å². The molecule has 0 spiro atoms. The second-order valence-corrected chi connectivity index (χ2v) is 9.04. The highest BCUT2D eigenvalue weighted by atomic mass is 79.9. The number of hydrogen-bond donors (Lipinski definition) is 1. The number of ketones is 1. The molecule has 0 radical (unpaired) electrons. The Kier molecular flexibility index (Phi) is 6.35. The molecule has 1 aliphatic heterocycles. The van der Waals surface area contributed by atoms with E-state index in [0.29, 0.717) is 17.7 Å². The molecule has 0 saturated carbocycles. The Bertz CT molecular complexity index is 1310. The molecule has 0 saturated heterocycles. The number of benzene rings is 2. The van der Waals surface area contributed by atoms with Gasteiger partial charge >= 0.3 is 12.1 Å². The fraction of sp³-hybridized carbons (Fsp3) is 0.240. The lowest BCUT2D eigenvalue weighted by Crippen LogP contribution is -2.51. The Balaban J connectivity index is 2.23. The lowest BCUT2D eigenvalue weighted by atomic mass is 9.73. The van der Waals surface area contributed by atoms with Crippen molar-refractivity contribution in [1.82, 2.24) is 0 Å². The molecule has 35 heavy (non-hydrogen) atoms. The van der Waals surface area contributed by atoms with Crippen LogP contribution in [-0.2, 0) is 27.3 Å². The summed E-state index contributed by atoms with van der Waals surface area (Å²) < 4.78 is 51.3. The average molecular weight is 550 g/mol. The molecule has 0 amide bonds. The molecule has 1 N–H and O–H groups in total. The first-order valence-electron chi connectivity index (χ1n) is 10.4. The number of allylic oxidation sites excluding steroid dienone is 2. The summed E-state index contributed by atoms with van der Waals surface area (Å²) in [5.41, 5.74) is -0.00808. The first kappa shape index (κ1) is 24.7. The van der Waals surface area contributed by atoms with Crippen molar-refractivity contribution < 1.29 is 37.3 Å². The van der Waals surface area contributed by atoms with Crippen LogP contribution < -0.4 is 4.74 Å². The van der Waals surface area contributed by atoms with Gasteiger partial charge in [-0.2, -0.15) is 13.2 Å². The van der Waals surface area contributed by atoms with Crippen molar-refractivity contribution in [3.05, 3.63) is 76.1 Å². The van der Waals surface area contributed by atoms with Gasteiger partial charge in [0.25, 0.3) is 0 Å². The van der Waals surface area contributed by atoms with Crippen LogP contribution in [-0.4, -0.2) is 47.8 Å². The summed E-state index contributed by atoms with van der Waals surface area (Å²) in [4.78, 5) is 30.0. The third-order valence-electron chi connectivity index (χ3n) is 6.01. The van der Waals surface area contributed by atoms with Crippen LogP contribution in [0.25, 0.3) is 11.1 Å². The minimum absolute atomic E-state index is 0.0848. The number of nitrogens with zero attached hydrogens (tertiary/aromatic N) is 1. The number of aliphatic imine (C=N–C) groups is 1. The molecule has 10 heteroatoms. The number of carboxylic acid groups (broad SMARTS) is 1. The molecule has 1 aliphatic carbocycles. The zero-order chi connectivity index (χ0) is 25.5. The first-order valence-corrected chi connectivity index (χ1v) is 11.2. The minimum Gasteiger partial charge on any atom is -0.497 e. The van der Waals surface area contributed by atoms with E-state index in [-0.39, 0.29) is 23.2 Å². The Labute approximate surface area is 206 Å². The van der Waals surface area contributed by atoms with Crippen LogP contribution in [0.3, 0.4) is 0 Å². The quantitative estimate of drug-likeness (QED) is 0.530. The number of alkyl halides is 4. The maximum atomic E-state index is 14.8. The van der Waals surface area contributed by atoms with E-state index in [1.165, 1.54) is 37.4 Å². The van der Waals surface area contributed by atoms with Gasteiger partial charge < -0.3 is 14.6 Å². The van der Waals surface area contributed by atoms with Gasteiger partial charge in [0.05, 0.1) is 20.8 Å². The van der Waals surface area contributed by atoms with E-state index in [2.05, 4.69) is 20.9 Å². The van der Waals surface area contributed by atoms with Gasteiger partial charge in [0.15, 0.2) is 5.76 Å². The number of Topliss-reactive ketones (excluding diaryl/α,β-unsaturated/α-hetero) is 1. The monoisotopic (exact) mass is 549 g/mol. The lowest BCUT2D eigenvalue weighted by Gasteiger charge is -2.38. The molecular weight excluding hydrogens is 531 g/mol. The topological polar surface area (TPSA) is 85.2 Å². The van der Waals surface area contributed by atoms with Crippen LogP contribution in [0.5, 0.6) is 5.75 Å². The van der Waals surface area contributed by atoms with Crippen LogP contribution >= 0.6 is 15.9 Å². The van der Waals surface area contributed by atoms with E-state index in [9.17, 15) is 27.9 Å². The molecule has 2 aromatic rings. The van der Waals surface area contributed by atoms with Crippen LogP contribution in [0.15, 0.2) is 58.8 Å². The van der Waals surface area contributed by atoms with Crippen molar-refractivity contribution in [2.75, 3.05) is 14.2 Å². The molecule has 0 fully saturated rings. The maximum absolute atomic E-state index is 14.8. The van der Waals surface area contributed by atoms with E-state index in [4.69, 9.17) is 9.47 Å². The molecule has 4 rings (SSSR count). The zero-order valence-electron chi connectivity index (χ0n) is 18.6. The highest BCUT2D eigenvalue weighted by Crippen LogP contribution is 2.57. The molecule has 1 unspecified atom stereocenters. The Morgan fingerprint density at radius 1 is 1.11 bits per heavy atom. The normalized spacial score (nSPS) is 20.1. The van der Waals surface area contributed by atoms with Crippen LogP contribution in [0.2, 0.25) is 0 Å². The molecular formula is C25H19BrF3NO5. The molecule has 6 nitrogen and oxygen atoms in total. The molecule has 0 bridgehead atoms. The number of halogens is 4. The fourth-order valence-corrected chi connectivity index (χ4v) is 4.99. The van der Waals surface area contributed by atoms with E-state index >= 15 is 0 Å². The largest absolute Gasteiger partial charge is 0.497 e. The highest BCUT2D eigenvalue weighted by molar-refractivity contribution is 9.10. The van der Waals surface area contributed by atoms with E-state index in [1.54, 1.807) is 18.3 Å². The van der Waals surface area contributed by atoms with E-state index in [1.807, 2.05) is 0 Å². The van der Waals surface area contributed by atoms with Crippen LogP contribution in [0.4, 0.5) is 13.2 Å².